The smallest absolute Gasteiger partial charge is 0.254 e. The molecule has 5 nitrogen and oxygen atoms in total. The highest BCUT2D eigenvalue weighted by Crippen LogP contribution is 2.23. The van der Waals surface area contributed by atoms with E-state index in [1.165, 1.54) is 0 Å². The Balaban J connectivity index is 1.68. The average Bonchev–Trinajstić information content (AvgIpc) is 3.30. The van der Waals surface area contributed by atoms with Crippen LogP contribution < -0.4 is 4.74 Å². The lowest BCUT2D eigenvalue weighted by Gasteiger charge is -2.23. The molecule has 0 N–H and O–H groups in total. The molecule has 6 heteroatoms. The molecule has 1 unspecified atom stereocenters. The summed E-state index contributed by atoms with van der Waals surface area (Å²) in [5.74, 6) is 1.32. The van der Waals surface area contributed by atoms with Crippen molar-refractivity contribution < 1.29 is 13.9 Å². The van der Waals surface area contributed by atoms with Gasteiger partial charge in [-0.25, -0.2) is 4.98 Å². The van der Waals surface area contributed by atoms with Gasteiger partial charge in [-0.1, -0.05) is 6.07 Å². The number of ether oxygens (including phenoxy) is 1. The Morgan fingerprint density at radius 1 is 1.36 bits per heavy atom. The van der Waals surface area contributed by atoms with Gasteiger partial charge in [0.25, 0.3) is 5.91 Å². The molecule has 0 aliphatic carbocycles. The molecule has 0 bridgehead atoms. The van der Waals surface area contributed by atoms with Crippen LogP contribution in [0.5, 0.6) is 5.75 Å². The van der Waals surface area contributed by atoms with Crippen LogP contribution in [-0.2, 0) is 6.61 Å². The summed E-state index contributed by atoms with van der Waals surface area (Å²) in [5, 5.41) is 2.99. The Kier molecular flexibility index (Phi) is 5.19. The summed E-state index contributed by atoms with van der Waals surface area (Å²) in [6, 6.07) is 10.7. The first-order chi connectivity index (χ1) is 12.0. The number of benzene rings is 1. The van der Waals surface area contributed by atoms with Crippen LogP contribution >= 0.6 is 11.3 Å². The Hall–Kier alpha value is -2.60. The number of carbonyl (C=O) groups is 1. The van der Waals surface area contributed by atoms with Crippen molar-refractivity contribution in [2.45, 2.75) is 26.5 Å². The van der Waals surface area contributed by atoms with Gasteiger partial charge in [-0.2, -0.15) is 0 Å². The Bertz CT molecular complexity index is 842. The van der Waals surface area contributed by atoms with Crippen molar-refractivity contribution >= 4 is 17.2 Å². The lowest BCUT2D eigenvalue weighted by Crippen LogP contribution is -2.29. The van der Waals surface area contributed by atoms with E-state index in [-0.39, 0.29) is 11.9 Å². The largest absolute Gasteiger partial charge is 0.487 e. The second-order valence-electron chi connectivity index (χ2n) is 5.78. The SMILES string of the molecule is Cc1nc(COc2cccc(C(=O)N(C)C(C)c3ccco3)c2)cs1. The molecule has 1 amide bonds. The van der Waals surface area contributed by atoms with Crippen molar-refractivity contribution in [3.05, 3.63) is 70.1 Å². The molecule has 1 aromatic carbocycles. The topological polar surface area (TPSA) is 55.6 Å². The van der Waals surface area contributed by atoms with Gasteiger partial charge < -0.3 is 14.1 Å². The van der Waals surface area contributed by atoms with E-state index >= 15 is 0 Å². The third-order valence-electron chi connectivity index (χ3n) is 3.99. The first kappa shape index (κ1) is 17.2. The monoisotopic (exact) mass is 356 g/mol. The zero-order valence-electron chi connectivity index (χ0n) is 14.4. The number of carbonyl (C=O) groups excluding carboxylic acids is 1. The van der Waals surface area contributed by atoms with Gasteiger partial charge in [-0.15, -0.1) is 11.3 Å². The number of nitrogens with zero attached hydrogens (tertiary/aromatic N) is 2. The van der Waals surface area contributed by atoms with Crippen molar-refractivity contribution in [3.63, 3.8) is 0 Å². The van der Waals surface area contributed by atoms with Crippen molar-refractivity contribution in [2.24, 2.45) is 0 Å². The van der Waals surface area contributed by atoms with Gasteiger partial charge >= 0.3 is 0 Å². The number of hydrogen-bond acceptors (Lipinski definition) is 5. The summed E-state index contributed by atoms with van der Waals surface area (Å²) in [7, 11) is 1.76. The number of hydrogen-bond donors (Lipinski definition) is 0. The summed E-state index contributed by atoms with van der Waals surface area (Å²) >= 11 is 1.59. The number of aryl methyl sites for hydroxylation is 1. The maximum Gasteiger partial charge on any atom is 0.254 e. The molecule has 2 aromatic heterocycles. The van der Waals surface area contributed by atoms with Crippen LogP contribution in [0.2, 0.25) is 0 Å². The van der Waals surface area contributed by atoms with Crippen molar-refractivity contribution in [1.82, 2.24) is 9.88 Å². The molecular weight excluding hydrogens is 336 g/mol. The van der Waals surface area contributed by atoms with E-state index in [1.807, 2.05) is 43.5 Å². The van der Waals surface area contributed by atoms with Crippen molar-refractivity contribution in [3.8, 4) is 5.75 Å². The van der Waals surface area contributed by atoms with Gasteiger partial charge in [0.15, 0.2) is 0 Å². The van der Waals surface area contributed by atoms with Gasteiger partial charge in [0.2, 0.25) is 0 Å². The van der Waals surface area contributed by atoms with Crippen molar-refractivity contribution in [2.75, 3.05) is 7.05 Å². The van der Waals surface area contributed by atoms with Crippen LogP contribution in [-0.4, -0.2) is 22.8 Å². The quantitative estimate of drug-likeness (QED) is 0.654. The minimum Gasteiger partial charge on any atom is -0.487 e. The molecular formula is C19H20N2O3S. The van der Waals surface area contributed by atoms with E-state index < -0.39 is 0 Å². The van der Waals surface area contributed by atoms with Crippen LogP contribution in [0.25, 0.3) is 0 Å². The molecule has 0 aliphatic rings. The molecule has 3 aromatic rings. The van der Waals surface area contributed by atoms with Gasteiger partial charge in [0.05, 0.1) is 23.0 Å². The number of rotatable bonds is 6. The van der Waals surface area contributed by atoms with E-state index in [1.54, 1.807) is 41.7 Å². The standard InChI is InChI=1S/C19H20N2O3S/c1-13(18-8-5-9-23-18)21(3)19(22)15-6-4-7-17(10-15)24-11-16-12-25-14(2)20-16/h4-10,12-13H,11H2,1-3H3. The number of thiazole rings is 1. The van der Waals surface area contributed by atoms with Crippen LogP contribution in [0.4, 0.5) is 0 Å². The lowest BCUT2D eigenvalue weighted by molar-refractivity contribution is 0.0725. The highest BCUT2D eigenvalue weighted by molar-refractivity contribution is 7.09. The van der Waals surface area contributed by atoms with Crippen LogP contribution in [0, 0.1) is 6.92 Å². The van der Waals surface area contributed by atoms with Gasteiger partial charge in [-0.05, 0) is 44.2 Å². The minimum atomic E-state index is -0.148. The first-order valence-electron chi connectivity index (χ1n) is 7.99. The van der Waals surface area contributed by atoms with E-state index in [4.69, 9.17) is 9.15 Å². The zero-order chi connectivity index (χ0) is 17.8. The Morgan fingerprint density at radius 2 is 2.20 bits per heavy atom. The molecule has 3 rings (SSSR count). The molecule has 1 atom stereocenters. The molecule has 0 aliphatic heterocycles. The fourth-order valence-electron chi connectivity index (χ4n) is 2.45. The number of furan rings is 1. The fraction of sp³-hybridized carbons (Fsp3) is 0.263. The fourth-order valence-corrected chi connectivity index (χ4v) is 3.05. The summed E-state index contributed by atoms with van der Waals surface area (Å²) in [6.45, 7) is 4.28. The maximum atomic E-state index is 12.7. The predicted molar refractivity (Wildman–Crippen MR) is 96.8 cm³/mol. The van der Waals surface area contributed by atoms with E-state index in [2.05, 4.69) is 4.98 Å². The Morgan fingerprint density at radius 3 is 2.88 bits per heavy atom. The van der Waals surface area contributed by atoms with E-state index in [0.29, 0.717) is 17.9 Å². The summed E-state index contributed by atoms with van der Waals surface area (Å²) in [4.78, 5) is 18.8. The first-order valence-corrected chi connectivity index (χ1v) is 8.87. The zero-order valence-corrected chi connectivity index (χ0v) is 15.2. The second kappa shape index (κ2) is 7.53. The molecule has 0 saturated carbocycles. The third kappa shape index (κ3) is 4.09. The molecule has 130 valence electrons. The third-order valence-corrected chi connectivity index (χ3v) is 4.81. The van der Waals surface area contributed by atoms with Gasteiger partial charge in [-0.3, -0.25) is 4.79 Å². The number of aromatic nitrogens is 1. The summed E-state index contributed by atoms with van der Waals surface area (Å²) in [5.41, 5.74) is 1.47. The van der Waals surface area contributed by atoms with E-state index in [0.717, 1.165) is 16.5 Å². The molecule has 0 spiro atoms. The van der Waals surface area contributed by atoms with Crippen LogP contribution in [0.3, 0.4) is 0 Å². The van der Waals surface area contributed by atoms with Crippen LogP contribution in [0.1, 0.15) is 39.8 Å². The summed E-state index contributed by atoms with van der Waals surface area (Å²) < 4.78 is 11.2. The highest BCUT2D eigenvalue weighted by atomic mass is 32.1. The average molecular weight is 356 g/mol. The van der Waals surface area contributed by atoms with Gasteiger partial charge in [0, 0.05) is 18.0 Å². The maximum absolute atomic E-state index is 12.7. The Labute approximate surface area is 150 Å². The second-order valence-corrected chi connectivity index (χ2v) is 6.84. The molecule has 0 saturated heterocycles. The normalized spacial score (nSPS) is 12.0. The molecule has 0 radical (unpaired) electrons. The lowest BCUT2D eigenvalue weighted by atomic mass is 10.1. The minimum absolute atomic E-state index is 0.0844. The highest BCUT2D eigenvalue weighted by Gasteiger charge is 2.21. The molecule has 25 heavy (non-hydrogen) atoms. The molecule has 2 heterocycles. The van der Waals surface area contributed by atoms with Gasteiger partial charge in [0.1, 0.15) is 18.1 Å². The van der Waals surface area contributed by atoms with E-state index in [9.17, 15) is 4.79 Å². The van der Waals surface area contributed by atoms with Crippen molar-refractivity contribution in [1.29, 1.82) is 0 Å². The van der Waals surface area contributed by atoms with Crippen LogP contribution in [0.15, 0.2) is 52.5 Å². The summed E-state index contributed by atoms with van der Waals surface area (Å²) in [6.07, 6.45) is 1.61. The molecule has 0 fully saturated rings. The number of amides is 1. The predicted octanol–water partition coefficient (Wildman–Crippen LogP) is 4.46.